The predicted octanol–water partition coefficient (Wildman–Crippen LogP) is 5.33. The Kier molecular flexibility index (Phi) is 4.65. The van der Waals surface area contributed by atoms with Crippen molar-refractivity contribution < 1.29 is 9.47 Å². The van der Waals surface area contributed by atoms with Crippen LogP contribution in [0.5, 0.6) is 11.5 Å². The lowest BCUT2D eigenvalue weighted by Gasteiger charge is -2.23. The van der Waals surface area contributed by atoms with Gasteiger partial charge in [-0.3, -0.25) is 4.98 Å². The minimum atomic E-state index is 0.295. The lowest BCUT2D eigenvalue weighted by molar-refractivity contribution is 0.201. The van der Waals surface area contributed by atoms with Gasteiger partial charge in [-0.2, -0.15) is 0 Å². The number of hydrogen-bond acceptors (Lipinski definition) is 4. The van der Waals surface area contributed by atoms with Gasteiger partial charge in [-0.05, 0) is 37.8 Å². The van der Waals surface area contributed by atoms with E-state index >= 15 is 0 Å². The van der Waals surface area contributed by atoms with E-state index in [1.165, 1.54) is 18.2 Å². The Morgan fingerprint density at radius 3 is 2.62 bits per heavy atom. The molecule has 0 radical (unpaired) electrons. The standard InChI is InChI=1S/C22H24N2O2/c1-24(20-15-23-14-16-7-3-6-10-19(16)20)17-11-12-21(25-2)22(13-17)26-18-8-4-5-9-18/h3,6-7,10-15,18H,4-5,8-9H2,1-2H3. The molecule has 1 fully saturated rings. The number of methoxy groups -OCH3 is 1. The maximum Gasteiger partial charge on any atom is 0.163 e. The van der Waals surface area contributed by atoms with Crippen LogP contribution in [0.1, 0.15) is 25.7 Å². The Balaban J connectivity index is 1.69. The largest absolute Gasteiger partial charge is 0.493 e. The van der Waals surface area contributed by atoms with Gasteiger partial charge in [0.15, 0.2) is 11.5 Å². The monoisotopic (exact) mass is 348 g/mol. The Labute approximate surface area is 154 Å². The molecule has 4 rings (SSSR count). The van der Waals surface area contributed by atoms with Crippen LogP contribution < -0.4 is 14.4 Å². The molecule has 26 heavy (non-hydrogen) atoms. The van der Waals surface area contributed by atoms with Crippen molar-refractivity contribution in [2.75, 3.05) is 19.1 Å². The van der Waals surface area contributed by atoms with Gasteiger partial charge in [-0.15, -0.1) is 0 Å². The number of aromatic nitrogens is 1. The maximum absolute atomic E-state index is 6.24. The third-order valence-electron chi connectivity index (χ3n) is 5.14. The van der Waals surface area contributed by atoms with E-state index in [0.29, 0.717) is 6.10 Å². The molecule has 0 amide bonds. The van der Waals surface area contributed by atoms with Gasteiger partial charge in [0.05, 0.1) is 25.1 Å². The molecule has 3 aromatic rings. The Bertz CT molecular complexity index is 898. The number of rotatable bonds is 5. The normalized spacial score (nSPS) is 14.5. The SMILES string of the molecule is COc1ccc(N(C)c2cncc3ccccc23)cc1OC1CCCC1. The molecule has 134 valence electrons. The zero-order valence-electron chi connectivity index (χ0n) is 15.3. The van der Waals surface area contributed by atoms with Crippen molar-refractivity contribution in [1.29, 1.82) is 0 Å². The predicted molar refractivity (Wildman–Crippen MR) is 106 cm³/mol. The van der Waals surface area contributed by atoms with E-state index < -0.39 is 0 Å². The molecule has 0 atom stereocenters. The number of benzene rings is 2. The van der Waals surface area contributed by atoms with Gasteiger partial charge < -0.3 is 14.4 Å². The number of hydrogen-bond donors (Lipinski definition) is 0. The molecule has 1 aliphatic rings. The van der Waals surface area contributed by atoms with E-state index in [0.717, 1.165) is 41.1 Å². The average Bonchev–Trinajstić information content (AvgIpc) is 3.20. The first-order valence-electron chi connectivity index (χ1n) is 9.17. The van der Waals surface area contributed by atoms with Gasteiger partial charge >= 0.3 is 0 Å². The summed E-state index contributed by atoms with van der Waals surface area (Å²) in [7, 11) is 3.75. The summed E-state index contributed by atoms with van der Waals surface area (Å²) in [6.45, 7) is 0. The van der Waals surface area contributed by atoms with Gasteiger partial charge in [-0.1, -0.05) is 24.3 Å². The summed E-state index contributed by atoms with van der Waals surface area (Å²) in [6.07, 6.45) is 8.83. The molecular formula is C22H24N2O2. The van der Waals surface area contributed by atoms with Crippen LogP contribution in [0.4, 0.5) is 11.4 Å². The summed E-state index contributed by atoms with van der Waals surface area (Å²) >= 11 is 0. The average molecular weight is 348 g/mol. The number of fused-ring (bicyclic) bond motifs is 1. The van der Waals surface area contributed by atoms with E-state index in [4.69, 9.17) is 9.47 Å². The van der Waals surface area contributed by atoms with Crippen molar-refractivity contribution in [3.05, 3.63) is 54.9 Å². The highest BCUT2D eigenvalue weighted by Gasteiger charge is 2.19. The van der Waals surface area contributed by atoms with Crippen LogP contribution in [-0.4, -0.2) is 25.2 Å². The highest BCUT2D eigenvalue weighted by molar-refractivity contribution is 5.95. The van der Waals surface area contributed by atoms with E-state index in [2.05, 4.69) is 47.3 Å². The number of anilines is 2. The van der Waals surface area contributed by atoms with Crippen molar-refractivity contribution in [3.63, 3.8) is 0 Å². The molecule has 2 aromatic carbocycles. The van der Waals surface area contributed by atoms with Gasteiger partial charge in [-0.25, -0.2) is 0 Å². The highest BCUT2D eigenvalue weighted by atomic mass is 16.5. The highest BCUT2D eigenvalue weighted by Crippen LogP contribution is 2.37. The molecule has 4 heteroatoms. The molecule has 0 N–H and O–H groups in total. The summed E-state index contributed by atoms with van der Waals surface area (Å²) in [4.78, 5) is 6.55. The quantitative estimate of drug-likeness (QED) is 0.624. The van der Waals surface area contributed by atoms with Crippen LogP contribution in [0.2, 0.25) is 0 Å². The van der Waals surface area contributed by atoms with Gasteiger partial charge in [0.1, 0.15) is 0 Å². The van der Waals surface area contributed by atoms with Crippen LogP contribution in [0, 0.1) is 0 Å². The van der Waals surface area contributed by atoms with Crippen molar-refractivity contribution >= 4 is 22.1 Å². The molecule has 0 bridgehead atoms. The van der Waals surface area contributed by atoms with Crippen LogP contribution in [0.15, 0.2) is 54.9 Å². The lowest BCUT2D eigenvalue weighted by Crippen LogP contribution is -2.13. The second-order valence-electron chi connectivity index (χ2n) is 6.80. The molecule has 1 heterocycles. The zero-order valence-corrected chi connectivity index (χ0v) is 15.3. The van der Waals surface area contributed by atoms with Crippen molar-refractivity contribution in [1.82, 2.24) is 4.98 Å². The van der Waals surface area contributed by atoms with Gasteiger partial charge in [0.2, 0.25) is 0 Å². The Hall–Kier alpha value is -2.75. The molecule has 1 aliphatic carbocycles. The smallest absolute Gasteiger partial charge is 0.163 e. The molecule has 4 nitrogen and oxygen atoms in total. The van der Waals surface area contributed by atoms with Crippen LogP contribution in [0.3, 0.4) is 0 Å². The fourth-order valence-electron chi connectivity index (χ4n) is 3.66. The van der Waals surface area contributed by atoms with Crippen LogP contribution in [-0.2, 0) is 0 Å². The zero-order chi connectivity index (χ0) is 17.9. The first-order valence-corrected chi connectivity index (χ1v) is 9.17. The number of ether oxygens (including phenoxy) is 2. The summed E-state index contributed by atoms with van der Waals surface area (Å²) < 4.78 is 11.8. The van der Waals surface area contributed by atoms with E-state index in [1.807, 2.05) is 24.5 Å². The van der Waals surface area contributed by atoms with E-state index in [1.54, 1.807) is 7.11 Å². The number of pyridine rings is 1. The fourth-order valence-corrected chi connectivity index (χ4v) is 3.66. The first-order chi connectivity index (χ1) is 12.8. The molecule has 0 aliphatic heterocycles. The lowest BCUT2D eigenvalue weighted by atomic mass is 10.1. The third kappa shape index (κ3) is 3.19. The molecule has 0 unspecified atom stereocenters. The minimum absolute atomic E-state index is 0.295. The third-order valence-corrected chi connectivity index (χ3v) is 5.14. The molecule has 1 saturated carbocycles. The summed E-state index contributed by atoms with van der Waals surface area (Å²) in [5.74, 6) is 1.60. The first kappa shape index (κ1) is 16.7. The fraction of sp³-hybridized carbons (Fsp3) is 0.318. The van der Waals surface area contributed by atoms with Crippen molar-refractivity contribution in [2.24, 2.45) is 0 Å². The molecule has 0 saturated heterocycles. The summed E-state index contributed by atoms with van der Waals surface area (Å²) in [5.41, 5.74) is 2.12. The van der Waals surface area contributed by atoms with Gasteiger partial charge in [0, 0.05) is 35.8 Å². The summed E-state index contributed by atoms with van der Waals surface area (Å²) in [6, 6.07) is 14.4. The van der Waals surface area contributed by atoms with Crippen molar-refractivity contribution in [2.45, 2.75) is 31.8 Å². The summed E-state index contributed by atoms with van der Waals surface area (Å²) in [5, 5.41) is 2.31. The van der Waals surface area contributed by atoms with Crippen molar-refractivity contribution in [3.8, 4) is 11.5 Å². The van der Waals surface area contributed by atoms with Crippen LogP contribution in [0.25, 0.3) is 10.8 Å². The van der Waals surface area contributed by atoms with E-state index in [-0.39, 0.29) is 0 Å². The number of nitrogens with zero attached hydrogens (tertiary/aromatic N) is 2. The van der Waals surface area contributed by atoms with E-state index in [9.17, 15) is 0 Å². The second-order valence-corrected chi connectivity index (χ2v) is 6.80. The Morgan fingerprint density at radius 1 is 1.00 bits per heavy atom. The van der Waals surface area contributed by atoms with Gasteiger partial charge in [0.25, 0.3) is 0 Å². The Morgan fingerprint density at radius 2 is 1.81 bits per heavy atom. The molecule has 1 aromatic heterocycles. The second kappa shape index (κ2) is 7.24. The van der Waals surface area contributed by atoms with Crippen LogP contribution >= 0.6 is 0 Å². The molecule has 0 spiro atoms. The minimum Gasteiger partial charge on any atom is -0.493 e. The molecular weight excluding hydrogens is 324 g/mol. The topological polar surface area (TPSA) is 34.6 Å². The maximum atomic E-state index is 6.24.